The quantitative estimate of drug-likeness (QED) is 0.521. The summed E-state index contributed by atoms with van der Waals surface area (Å²) < 4.78 is 29.2. The standard InChI is InChI=1S/C22H25N5O2S/c1-14-25-19-20(27(14)16-10-8-15(23-2)9-11-16)18-12-13-24-21(18)26-22(19)30(28,29)17-6-4-3-5-7-17/h3-7,12-13,15-16,23H,8-11H2,1-2H3,(H,24,26). The summed E-state index contributed by atoms with van der Waals surface area (Å²) in [4.78, 5) is 12.6. The van der Waals surface area contributed by atoms with Gasteiger partial charge < -0.3 is 14.9 Å². The fourth-order valence-corrected chi connectivity index (χ4v) is 6.06. The third kappa shape index (κ3) is 2.94. The number of nitrogens with zero attached hydrogens (tertiary/aromatic N) is 3. The largest absolute Gasteiger partial charge is 0.346 e. The Morgan fingerprint density at radius 1 is 1.07 bits per heavy atom. The van der Waals surface area contributed by atoms with Crippen LogP contribution in [-0.4, -0.2) is 41.0 Å². The van der Waals surface area contributed by atoms with E-state index in [4.69, 9.17) is 4.98 Å². The van der Waals surface area contributed by atoms with Crippen LogP contribution in [0.5, 0.6) is 0 Å². The van der Waals surface area contributed by atoms with Crippen molar-refractivity contribution in [1.29, 1.82) is 0 Å². The summed E-state index contributed by atoms with van der Waals surface area (Å²) in [6, 6.07) is 11.3. The van der Waals surface area contributed by atoms with Gasteiger partial charge in [0.2, 0.25) is 9.84 Å². The van der Waals surface area contributed by atoms with Crippen molar-refractivity contribution >= 4 is 31.9 Å². The number of benzene rings is 1. The van der Waals surface area contributed by atoms with Crippen LogP contribution in [0.25, 0.3) is 22.1 Å². The van der Waals surface area contributed by atoms with E-state index < -0.39 is 9.84 Å². The third-order valence-electron chi connectivity index (χ3n) is 6.26. The Morgan fingerprint density at radius 3 is 2.50 bits per heavy atom. The van der Waals surface area contributed by atoms with Gasteiger partial charge in [-0.2, -0.15) is 0 Å². The van der Waals surface area contributed by atoms with Crippen LogP contribution >= 0.6 is 0 Å². The predicted molar refractivity (Wildman–Crippen MR) is 116 cm³/mol. The van der Waals surface area contributed by atoms with E-state index in [1.54, 1.807) is 36.5 Å². The minimum absolute atomic E-state index is 0.0180. The number of fused-ring (bicyclic) bond motifs is 3. The Morgan fingerprint density at radius 2 is 1.80 bits per heavy atom. The van der Waals surface area contributed by atoms with Crippen molar-refractivity contribution in [3.8, 4) is 0 Å². The zero-order valence-electron chi connectivity index (χ0n) is 17.1. The van der Waals surface area contributed by atoms with Gasteiger partial charge in [0.1, 0.15) is 17.0 Å². The lowest BCUT2D eigenvalue weighted by Gasteiger charge is -2.30. The van der Waals surface area contributed by atoms with E-state index in [0.717, 1.165) is 42.4 Å². The molecule has 0 amide bonds. The molecule has 0 radical (unpaired) electrons. The highest BCUT2D eigenvalue weighted by molar-refractivity contribution is 7.91. The molecule has 0 saturated heterocycles. The zero-order chi connectivity index (χ0) is 20.9. The maximum Gasteiger partial charge on any atom is 0.226 e. The molecule has 5 rings (SSSR count). The second-order valence-electron chi connectivity index (χ2n) is 7.99. The Labute approximate surface area is 175 Å². The molecular weight excluding hydrogens is 398 g/mol. The normalized spacial score (nSPS) is 20.2. The van der Waals surface area contributed by atoms with E-state index in [0.29, 0.717) is 23.2 Å². The van der Waals surface area contributed by atoms with Crippen molar-refractivity contribution in [3.63, 3.8) is 0 Å². The lowest BCUT2D eigenvalue weighted by atomic mass is 9.91. The highest BCUT2D eigenvalue weighted by atomic mass is 32.2. The fraction of sp³-hybridized carbons (Fsp3) is 0.364. The van der Waals surface area contributed by atoms with Crippen molar-refractivity contribution in [3.05, 3.63) is 48.4 Å². The number of H-pyrrole nitrogens is 1. The van der Waals surface area contributed by atoms with E-state index in [1.807, 2.05) is 20.0 Å². The van der Waals surface area contributed by atoms with E-state index >= 15 is 0 Å². The molecule has 1 aliphatic rings. The molecule has 4 aromatic rings. The Bertz CT molecular complexity index is 1320. The summed E-state index contributed by atoms with van der Waals surface area (Å²) in [5, 5.41) is 4.30. The zero-order valence-corrected chi connectivity index (χ0v) is 17.9. The second kappa shape index (κ2) is 7.21. The lowest BCUT2D eigenvalue weighted by Crippen LogP contribution is -2.31. The average molecular weight is 424 g/mol. The highest BCUT2D eigenvalue weighted by Crippen LogP contribution is 2.37. The number of aromatic amines is 1. The van der Waals surface area contributed by atoms with Crippen molar-refractivity contribution < 1.29 is 8.42 Å². The smallest absolute Gasteiger partial charge is 0.226 e. The summed E-state index contributed by atoms with van der Waals surface area (Å²) in [5.41, 5.74) is 1.89. The van der Waals surface area contributed by atoms with Crippen LogP contribution in [0, 0.1) is 6.92 Å². The maximum absolute atomic E-state index is 13.5. The lowest BCUT2D eigenvalue weighted by molar-refractivity contribution is 0.302. The summed E-state index contributed by atoms with van der Waals surface area (Å²) >= 11 is 0. The SMILES string of the molecule is CNC1CCC(n2c(C)nc3c(S(=O)(=O)c4ccccc4)nc4[nH]ccc4c32)CC1. The first kappa shape index (κ1) is 19.3. The van der Waals surface area contributed by atoms with Gasteiger partial charge in [-0.3, -0.25) is 0 Å². The Kier molecular flexibility index (Phi) is 4.63. The van der Waals surface area contributed by atoms with Gasteiger partial charge in [-0.15, -0.1) is 0 Å². The molecule has 3 aromatic heterocycles. The minimum atomic E-state index is -3.80. The molecule has 0 atom stereocenters. The first-order valence-corrected chi connectivity index (χ1v) is 11.8. The molecule has 1 aromatic carbocycles. The van der Waals surface area contributed by atoms with Crippen LogP contribution in [0.3, 0.4) is 0 Å². The molecule has 2 N–H and O–H groups in total. The molecule has 0 bridgehead atoms. The molecule has 8 heteroatoms. The molecule has 1 saturated carbocycles. The van der Waals surface area contributed by atoms with Gasteiger partial charge >= 0.3 is 0 Å². The first-order valence-electron chi connectivity index (χ1n) is 10.3. The molecule has 0 spiro atoms. The first-order chi connectivity index (χ1) is 14.5. The van der Waals surface area contributed by atoms with Gasteiger partial charge in [0.25, 0.3) is 0 Å². The second-order valence-corrected chi connectivity index (χ2v) is 9.86. The van der Waals surface area contributed by atoms with Gasteiger partial charge in [0, 0.05) is 23.7 Å². The summed E-state index contributed by atoms with van der Waals surface area (Å²) in [6.07, 6.45) is 6.06. The maximum atomic E-state index is 13.5. The predicted octanol–water partition coefficient (Wildman–Crippen LogP) is 3.76. The summed E-state index contributed by atoms with van der Waals surface area (Å²) in [6.45, 7) is 1.96. The number of imidazole rings is 1. The number of sulfone groups is 1. The number of aryl methyl sites for hydroxylation is 1. The number of pyridine rings is 1. The van der Waals surface area contributed by atoms with Crippen molar-refractivity contribution in [2.24, 2.45) is 0 Å². The van der Waals surface area contributed by atoms with Crippen LogP contribution < -0.4 is 5.32 Å². The number of hydrogen-bond acceptors (Lipinski definition) is 5. The van der Waals surface area contributed by atoms with Crippen LogP contribution in [-0.2, 0) is 9.84 Å². The molecule has 30 heavy (non-hydrogen) atoms. The van der Waals surface area contributed by atoms with Gasteiger partial charge in [0.15, 0.2) is 5.03 Å². The Hall–Kier alpha value is -2.71. The fourth-order valence-electron chi connectivity index (χ4n) is 4.72. The molecule has 0 aliphatic heterocycles. The topological polar surface area (TPSA) is 92.7 Å². The van der Waals surface area contributed by atoms with E-state index in [1.165, 1.54) is 0 Å². The van der Waals surface area contributed by atoms with Crippen molar-refractivity contribution in [1.82, 2.24) is 24.8 Å². The number of nitrogens with one attached hydrogen (secondary N) is 2. The number of aromatic nitrogens is 4. The van der Waals surface area contributed by atoms with E-state index in [9.17, 15) is 8.42 Å². The number of hydrogen-bond donors (Lipinski definition) is 2. The molecule has 7 nitrogen and oxygen atoms in total. The molecular formula is C22H25N5O2S. The molecule has 1 aliphatic carbocycles. The van der Waals surface area contributed by atoms with Gasteiger partial charge in [-0.1, -0.05) is 18.2 Å². The highest BCUT2D eigenvalue weighted by Gasteiger charge is 2.30. The minimum Gasteiger partial charge on any atom is -0.346 e. The van der Waals surface area contributed by atoms with Crippen LogP contribution in [0.4, 0.5) is 0 Å². The molecule has 1 fully saturated rings. The summed E-state index contributed by atoms with van der Waals surface area (Å²) in [5.74, 6) is 0.831. The number of rotatable bonds is 4. The molecule has 0 unspecified atom stereocenters. The molecule has 156 valence electrons. The Balaban J connectivity index is 1.75. The van der Waals surface area contributed by atoms with Gasteiger partial charge in [0.05, 0.1) is 10.4 Å². The third-order valence-corrected chi connectivity index (χ3v) is 7.95. The van der Waals surface area contributed by atoms with Gasteiger partial charge in [-0.25, -0.2) is 18.4 Å². The van der Waals surface area contributed by atoms with Crippen LogP contribution in [0.1, 0.15) is 37.5 Å². The molecule has 3 heterocycles. The van der Waals surface area contributed by atoms with Crippen LogP contribution in [0.2, 0.25) is 0 Å². The monoisotopic (exact) mass is 423 g/mol. The van der Waals surface area contributed by atoms with Gasteiger partial charge in [-0.05, 0) is 57.9 Å². The summed E-state index contributed by atoms with van der Waals surface area (Å²) in [7, 11) is -1.79. The van der Waals surface area contributed by atoms with E-state index in [2.05, 4.69) is 19.9 Å². The van der Waals surface area contributed by atoms with E-state index in [-0.39, 0.29) is 9.92 Å². The van der Waals surface area contributed by atoms with Crippen LogP contribution in [0.15, 0.2) is 52.5 Å². The van der Waals surface area contributed by atoms with Crippen molar-refractivity contribution in [2.75, 3.05) is 7.05 Å². The average Bonchev–Trinajstić information content (AvgIpc) is 3.37. The van der Waals surface area contributed by atoms with Crippen molar-refractivity contribution in [2.45, 2.75) is 54.6 Å².